The lowest BCUT2D eigenvalue weighted by atomic mass is 9.96. The Kier molecular flexibility index (Phi) is 4.61. The van der Waals surface area contributed by atoms with Gasteiger partial charge in [-0.25, -0.2) is 0 Å². The van der Waals surface area contributed by atoms with Gasteiger partial charge < -0.3 is 5.73 Å². The molecule has 1 aliphatic carbocycles. The number of hydrogen-bond donors (Lipinski definition) is 1. The molecule has 1 fully saturated rings. The van der Waals surface area contributed by atoms with Gasteiger partial charge in [0, 0.05) is 23.7 Å². The van der Waals surface area contributed by atoms with Crippen LogP contribution in [0.2, 0.25) is 5.02 Å². The standard InChI is InChI=1S/C17H22ClN3/c18-16-9-5-4-8-15(16)17(19)12-13-10-11-21(20-13)14-6-2-1-3-7-14/h4-5,8-11,14,17H,1-3,6-7,12,19H2. The summed E-state index contributed by atoms with van der Waals surface area (Å²) in [7, 11) is 0. The zero-order valence-corrected chi connectivity index (χ0v) is 13.0. The number of nitrogens with zero attached hydrogens (tertiary/aromatic N) is 2. The third-order valence-electron chi connectivity index (χ3n) is 4.35. The fourth-order valence-electron chi connectivity index (χ4n) is 3.15. The van der Waals surface area contributed by atoms with Crippen molar-refractivity contribution < 1.29 is 0 Å². The molecule has 1 atom stereocenters. The van der Waals surface area contributed by atoms with E-state index in [-0.39, 0.29) is 6.04 Å². The molecule has 4 heteroatoms. The second-order valence-corrected chi connectivity index (χ2v) is 6.32. The molecule has 1 saturated carbocycles. The molecule has 1 aromatic carbocycles. The van der Waals surface area contributed by atoms with Crippen molar-refractivity contribution in [2.45, 2.75) is 50.6 Å². The molecule has 0 bridgehead atoms. The molecule has 0 amide bonds. The fraction of sp³-hybridized carbons (Fsp3) is 0.471. The number of aromatic nitrogens is 2. The minimum Gasteiger partial charge on any atom is -0.324 e. The molecule has 0 aliphatic heterocycles. The zero-order chi connectivity index (χ0) is 14.7. The second-order valence-electron chi connectivity index (χ2n) is 5.91. The molecule has 1 heterocycles. The van der Waals surface area contributed by atoms with E-state index in [1.807, 2.05) is 24.3 Å². The number of rotatable bonds is 4. The van der Waals surface area contributed by atoms with Crippen LogP contribution in [-0.4, -0.2) is 9.78 Å². The molecular formula is C17H22ClN3. The Morgan fingerprint density at radius 2 is 1.95 bits per heavy atom. The van der Waals surface area contributed by atoms with Crippen LogP contribution in [0.15, 0.2) is 36.5 Å². The SMILES string of the molecule is NC(Cc1ccn(C2CCCCC2)n1)c1ccccc1Cl. The Bertz CT molecular complexity index is 587. The van der Waals surface area contributed by atoms with Gasteiger partial charge in [-0.3, -0.25) is 4.68 Å². The van der Waals surface area contributed by atoms with E-state index >= 15 is 0 Å². The van der Waals surface area contributed by atoms with Crippen LogP contribution in [0, 0.1) is 0 Å². The maximum Gasteiger partial charge on any atom is 0.0643 e. The van der Waals surface area contributed by atoms with Gasteiger partial charge in [-0.2, -0.15) is 5.10 Å². The van der Waals surface area contributed by atoms with Gasteiger partial charge in [0.2, 0.25) is 0 Å². The van der Waals surface area contributed by atoms with E-state index in [9.17, 15) is 0 Å². The number of hydrogen-bond acceptors (Lipinski definition) is 2. The van der Waals surface area contributed by atoms with Crippen LogP contribution < -0.4 is 5.73 Å². The smallest absolute Gasteiger partial charge is 0.0643 e. The summed E-state index contributed by atoms with van der Waals surface area (Å²) in [6, 6.07) is 10.3. The van der Waals surface area contributed by atoms with Crippen LogP contribution in [0.3, 0.4) is 0 Å². The van der Waals surface area contributed by atoms with E-state index in [1.165, 1.54) is 32.1 Å². The Morgan fingerprint density at radius 3 is 2.71 bits per heavy atom. The Labute approximate surface area is 131 Å². The van der Waals surface area contributed by atoms with Gasteiger partial charge in [0.15, 0.2) is 0 Å². The number of nitrogens with two attached hydrogens (primary N) is 1. The van der Waals surface area contributed by atoms with Gasteiger partial charge >= 0.3 is 0 Å². The van der Waals surface area contributed by atoms with E-state index in [1.54, 1.807) is 0 Å². The molecule has 0 saturated heterocycles. The first-order chi connectivity index (χ1) is 10.2. The molecule has 112 valence electrons. The van der Waals surface area contributed by atoms with Crippen molar-refractivity contribution in [2.75, 3.05) is 0 Å². The highest BCUT2D eigenvalue weighted by Gasteiger charge is 2.17. The molecule has 0 spiro atoms. The van der Waals surface area contributed by atoms with E-state index in [0.29, 0.717) is 6.04 Å². The third kappa shape index (κ3) is 3.47. The average Bonchev–Trinajstić information content (AvgIpc) is 2.97. The first-order valence-corrected chi connectivity index (χ1v) is 8.16. The summed E-state index contributed by atoms with van der Waals surface area (Å²) in [5.41, 5.74) is 8.32. The molecule has 1 unspecified atom stereocenters. The van der Waals surface area contributed by atoms with Crippen LogP contribution in [0.4, 0.5) is 0 Å². The molecule has 1 aliphatic rings. The summed E-state index contributed by atoms with van der Waals surface area (Å²) in [6.07, 6.45) is 9.32. The zero-order valence-electron chi connectivity index (χ0n) is 12.2. The average molecular weight is 304 g/mol. The Hall–Kier alpha value is -1.32. The minimum absolute atomic E-state index is 0.103. The van der Waals surface area contributed by atoms with Crippen LogP contribution >= 0.6 is 11.6 Å². The van der Waals surface area contributed by atoms with E-state index in [0.717, 1.165) is 22.7 Å². The lowest BCUT2D eigenvalue weighted by molar-refractivity contribution is 0.328. The first kappa shape index (κ1) is 14.6. The predicted octanol–water partition coefficient (Wildman–Crippen LogP) is 4.28. The number of halogens is 1. The summed E-state index contributed by atoms with van der Waals surface area (Å²) in [5, 5.41) is 5.46. The van der Waals surface area contributed by atoms with Gasteiger partial charge in [0.25, 0.3) is 0 Å². The fourth-order valence-corrected chi connectivity index (χ4v) is 3.42. The topological polar surface area (TPSA) is 43.8 Å². The quantitative estimate of drug-likeness (QED) is 0.916. The van der Waals surface area contributed by atoms with Crippen molar-refractivity contribution in [3.05, 3.63) is 52.8 Å². The Morgan fingerprint density at radius 1 is 1.19 bits per heavy atom. The van der Waals surface area contributed by atoms with Crippen molar-refractivity contribution in [3.63, 3.8) is 0 Å². The molecular weight excluding hydrogens is 282 g/mol. The molecule has 21 heavy (non-hydrogen) atoms. The molecule has 3 nitrogen and oxygen atoms in total. The van der Waals surface area contributed by atoms with Crippen LogP contribution in [-0.2, 0) is 6.42 Å². The minimum atomic E-state index is -0.103. The third-order valence-corrected chi connectivity index (χ3v) is 4.69. The molecule has 0 radical (unpaired) electrons. The summed E-state index contributed by atoms with van der Waals surface area (Å²) >= 11 is 6.21. The highest BCUT2D eigenvalue weighted by molar-refractivity contribution is 6.31. The van der Waals surface area contributed by atoms with Crippen molar-refractivity contribution in [2.24, 2.45) is 5.73 Å². The highest BCUT2D eigenvalue weighted by Crippen LogP contribution is 2.28. The maximum absolute atomic E-state index is 6.28. The van der Waals surface area contributed by atoms with E-state index in [4.69, 9.17) is 22.4 Å². The van der Waals surface area contributed by atoms with Crippen molar-refractivity contribution in [1.82, 2.24) is 9.78 Å². The monoisotopic (exact) mass is 303 g/mol. The molecule has 3 rings (SSSR count). The van der Waals surface area contributed by atoms with Gasteiger partial charge in [0.05, 0.1) is 11.7 Å². The molecule has 2 N–H and O–H groups in total. The summed E-state index contributed by atoms with van der Waals surface area (Å²) < 4.78 is 2.13. The predicted molar refractivity (Wildman–Crippen MR) is 86.4 cm³/mol. The van der Waals surface area contributed by atoms with Crippen LogP contribution in [0.25, 0.3) is 0 Å². The van der Waals surface area contributed by atoms with Gasteiger partial charge in [0.1, 0.15) is 0 Å². The van der Waals surface area contributed by atoms with Crippen molar-refractivity contribution in [3.8, 4) is 0 Å². The largest absolute Gasteiger partial charge is 0.324 e. The Balaban J connectivity index is 1.68. The summed E-state index contributed by atoms with van der Waals surface area (Å²) in [4.78, 5) is 0. The summed E-state index contributed by atoms with van der Waals surface area (Å²) in [6.45, 7) is 0. The maximum atomic E-state index is 6.28. The number of benzene rings is 1. The van der Waals surface area contributed by atoms with Crippen molar-refractivity contribution in [1.29, 1.82) is 0 Å². The second kappa shape index (κ2) is 6.63. The molecule has 1 aromatic heterocycles. The van der Waals surface area contributed by atoms with E-state index < -0.39 is 0 Å². The van der Waals surface area contributed by atoms with E-state index in [2.05, 4.69) is 16.9 Å². The lowest BCUT2D eigenvalue weighted by Gasteiger charge is -2.21. The highest BCUT2D eigenvalue weighted by atomic mass is 35.5. The van der Waals surface area contributed by atoms with Gasteiger partial charge in [-0.1, -0.05) is 49.1 Å². The normalized spacial score (nSPS) is 17.8. The lowest BCUT2D eigenvalue weighted by Crippen LogP contribution is -2.16. The van der Waals surface area contributed by atoms with Gasteiger partial charge in [-0.05, 0) is 30.5 Å². The van der Waals surface area contributed by atoms with Crippen LogP contribution in [0.5, 0.6) is 0 Å². The summed E-state index contributed by atoms with van der Waals surface area (Å²) in [5.74, 6) is 0. The van der Waals surface area contributed by atoms with Gasteiger partial charge in [-0.15, -0.1) is 0 Å². The van der Waals surface area contributed by atoms with Crippen molar-refractivity contribution >= 4 is 11.6 Å². The van der Waals surface area contributed by atoms with Crippen LogP contribution in [0.1, 0.15) is 55.4 Å². The molecule has 2 aromatic rings. The first-order valence-electron chi connectivity index (χ1n) is 7.78.